The quantitative estimate of drug-likeness (QED) is 0.585. The zero-order valence-corrected chi connectivity index (χ0v) is 14.8. The molecule has 2 aromatic carbocycles. The van der Waals surface area contributed by atoms with E-state index < -0.39 is 10.8 Å². The van der Waals surface area contributed by atoms with E-state index in [1.165, 1.54) is 0 Å². The highest BCUT2D eigenvalue weighted by Crippen LogP contribution is 2.37. The van der Waals surface area contributed by atoms with Gasteiger partial charge in [0.2, 0.25) is 0 Å². The van der Waals surface area contributed by atoms with Gasteiger partial charge in [0.05, 0.1) is 0 Å². The van der Waals surface area contributed by atoms with Crippen LogP contribution in [0.15, 0.2) is 60.7 Å². The first-order valence-electron chi connectivity index (χ1n) is 7.17. The van der Waals surface area contributed by atoms with E-state index in [0.717, 1.165) is 0 Å². The van der Waals surface area contributed by atoms with E-state index in [2.05, 4.69) is 0 Å². The number of nitrogens with zero attached hydrogens (tertiary/aromatic N) is 1. The first kappa shape index (κ1) is 19.5. The van der Waals surface area contributed by atoms with Crippen LogP contribution in [-0.2, 0) is 14.4 Å². The molecule has 5 heteroatoms. The molecule has 0 spiro atoms. The molecule has 0 saturated heterocycles. The van der Waals surface area contributed by atoms with Crippen molar-refractivity contribution in [2.75, 3.05) is 27.2 Å². The molecule has 0 N–H and O–H groups in total. The molecule has 0 aromatic heterocycles. The minimum absolute atomic E-state index is 0. The number of likely N-dealkylation sites (N-methyl/N-ethyl adjacent to an activating group) is 1. The summed E-state index contributed by atoms with van der Waals surface area (Å²) >= 11 is 6.77. The Balaban J connectivity index is 0.00000264. The lowest BCUT2D eigenvalue weighted by atomic mass is 9.90. The van der Waals surface area contributed by atoms with Crippen molar-refractivity contribution < 1.29 is 9.53 Å². The Kier molecular flexibility index (Phi) is 7.56. The maximum absolute atomic E-state index is 12.7. The van der Waals surface area contributed by atoms with E-state index in [0.29, 0.717) is 24.3 Å². The Bertz CT molecular complexity index is 563. The van der Waals surface area contributed by atoms with Crippen LogP contribution in [0.25, 0.3) is 0 Å². The maximum Gasteiger partial charge on any atom is 0.336 e. The first-order chi connectivity index (χ1) is 10.5. The molecule has 0 heterocycles. The lowest BCUT2D eigenvalue weighted by molar-refractivity contribution is -0.146. The summed E-state index contributed by atoms with van der Waals surface area (Å²) in [6, 6.07) is 18.6. The van der Waals surface area contributed by atoms with E-state index in [4.69, 9.17) is 16.3 Å². The Labute approximate surface area is 148 Å². The molecule has 2 rings (SSSR count). The molecule has 0 aliphatic carbocycles. The van der Waals surface area contributed by atoms with Crippen molar-refractivity contribution in [1.29, 1.82) is 0 Å². The number of ether oxygens (including phenoxy) is 1. The molecule has 0 bridgehead atoms. The zero-order valence-electron chi connectivity index (χ0n) is 13.2. The van der Waals surface area contributed by atoms with E-state index in [1.54, 1.807) is 0 Å². The van der Waals surface area contributed by atoms with Crippen LogP contribution in [-0.4, -0.2) is 38.1 Å². The number of alkyl halides is 1. The lowest BCUT2D eigenvalue weighted by Crippen LogP contribution is -2.34. The summed E-state index contributed by atoms with van der Waals surface area (Å²) in [5, 5.41) is 0. The fourth-order valence-electron chi connectivity index (χ4n) is 2.16. The average molecular weight is 354 g/mol. The largest absolute Gasteiger partial charge is 0.463 e. The predicted octanol–water partition coefficient (Wildman–Crippen LogP) is 3.70. The molecule has 124 valence electrons. The normalized spacial score (nSPS) is 11.0. The molecule has 0 radical (unpaired) electrons. The molecule has 0 amide bonds. The third-order valence-corrected chi connectivity index (χ3v) is 3.99. The average Bonchev–Trinajstić information content (AvgIpc) is 2.55. The van der Waals surface area contributed by atoms with E-state index in [9.17, 15) is 4.79 Å². The summed E-state index contributed by atoms with van der Waals surface area (Å²) in [6.07, 6.45) is 0. The van der Waals surface area contributed by atoms with Gasteiger partial charge in [-0.05, 0) is 25.2 Å². The van der Waals surface area contributed by atoms with Crippen LogP contribution in [0, 0.1) is 0 Å². The second-order valence-electron chi connectivity index (χ2n) is 5.33. The number of hydrogen-bond donors (Lipinski definition) is 0. The highest BCUT2D eigenvalue weighted by atomic mass is 35.5. The molecule has 0 fully saturated rings. The smallest absolute Gasteiger partial charge is 0.336 e. The highest BCUT2D eigenvalue weighted by Gasteiger charge is 2.41. The summed E-state index contributed by atoms with van der Waals surface area (Å²) in [6.45, 7) is 0.961. The third-order valence-electron chi connectivity index (χ3n) is 3.40. The Morgan fingerprint density at radius 2 is 1.43 bits per heavy atom. The number of esters is 1. The van der Waals surface area contributed by atoms with Crippen LogP contribution >= 0.6 is 24.0 Å². The highest BCUT2D eigenvalue weighted by molar-refractivity contribution is 6.36. The molecule has 2 aromatic rings. The summed E-state index contributed by atoms with van der Waals surface area (Å²) in [4.78, 5) is 13.3. The number of benzene rings is 2. The van der Waals surface area contributed by atoms with Crippen LogP contribution < -0.4 is 0 Å². The number of halogens is 2. The van der Waals surface area contributed by atoms with Gasteiger partial charge in [-0.3, -0.25) is 0 Å². The van der Waals surface area contributed by atoms with Crippen molar-refractivity contribution in [2.45, 2.75) is 4.87 Å². The molecular formula is C18H21Cl2NO2. The van der Waals surface area contributed by atoms with Gasteiger partial charge in [0.25, 0.3) is 0 Å². The van der Waals surface area contributed by atoms with E-state index >= 15 is 0 Å². The lowest BCUT2D eigenvalue weighted by Gasteiger charge is -2.26. The predicted molar refractivity (Wildman–Crippen MR) is 96.3 cm³/mol. The van der Waals surface area contributed by atoms with Gasteiger partial charge in [-0.25, -0.2) is 4.79 Å². The van der Waals surface area contributed by atoms with Crippen LogP contribution in [0.4, 0.5) is 0 Å². The van der Waals surface area contributed by atoms with Crippen LogP contribution in [0.1, 0.15) is 11.1 Å². The molecule has 0 atom stereocenters. The molecule has 23 heavy (non-hydrogen) atoms. The van der Waals surface area contributed by atoms with Crippen molar-refractivity contribution in [3.8, 4) is 0 Å². The van der Waals surface area contributed by atoms with Gasteiger partial charge < -0.3 is 9.64 Å². The maximum atomic E-state index is 12.7. The van der Waals surface area contributed by atoms with Gasteiger partial charge >= 0.3 is 5.97 Å². The van der Waals surface area contributed by atoms with Crippen molar-refractivity contribution in [1.82, 2.24) is 4.90 Å². The second-order valence-corrected chi connectivity index (χ2v) is 5.90. The number of rotatable bonds is 6. The van der Waals surface area contributed by atoms with Crippen LogP contribution in [0.2, 0.25) is 0 Å². The molecule has 0 unspecified atom stereocenters. The van der Waals surface area contributed by atoms with Gasteiger partial charge in [0.1, 0.15) is 6.61 Å². The summed E-state index contributed by atoms with van der Waals surface area (Å²) in [5.41, 5.74) is 1.41. The van der Waals surface area contributed by atoms with E-state index in [1.807, 2.05) is 79.7 Å². The molecule has 0 aliphatic rings. The monoisotopic (exact) mass is 353 g/mol. The van der Waals surface area contributed by atoms with Gasteiger partial charge in [-0.2, -0.15) is 0 Å². The number of carbonyl (C=O) groups excluding carboxylic acids is 1. The van der Waals surface area contributed by atoms with Crippen molar-refractivity contribution in [2.24, 2.45) is 0 Å². The SMILES string of the molecule is CN(C)CCOC(=O)C(Cl)(c1ccccc1)c1ccccc1.Cl. The van der Waals surface area contributed by atoms with Gasteiger partial charge in [-0.15, -0.1) is 12.4 Å². The minimum Gasteiger partial charge on any atom is -0.463 e. The second kappa shape index (κ2) is 8.92. The van der Waals surface area contributed by atoms with Gasteiger partial charge in [-0.1, -0.05) is 72.3 Å². The van der Waals surface area contributed by atoms with Crippen LogP contribution in [0.5, 0.6) is 0 Å². The molecule has 0 saturated carbocycles. The fourth-order valence-corrected chi connectivity index (χ4v) is 2.46. The van der Waals surface area contributed by atoms with E-state index in [-0.39, 0.29) is 12.4 Å². The molecule has 3 nitrogen and oxygen atoms in total. The topological polar surface area (TPSA) is 29.5 Å². The van der Waals surface area contributed by atoms with Crippen molar-refractivity contribution >= 4 is 30.0 Å². The Morgan fingerprint density at radius 1 is 1.00 bits per heavy atom. The number of hydrogen-bond acceptors (Lipinski definition) is 3. The Morgan fingerprint density at radius 3 is 1.83 bits per heavy atom. The zero-order chi connectivity index (χ0) is 16.0. The molecule has 0 aliphatic heterocycles. The summed E-state index contributed by atoms with van der Waals surface area (Å²) in [5.74, 6) is -0.451. The fraction of sp³-hybridized carbons (Fsp3) is 0.278. The Hall–Kier alpha value is -1.55. The third kappa shape index (κ3) is 4.71. The summed E-state index contributed by atoms with van der Waals surface area (Å²) < 4.78 is 5.41. The minimum atomic E-state index is -1.32. The van der Waals surface area contributed by atoms with Crippen LogP contribution in [0.3, 0.4) is 0 Å². The molecular weight excluding hydrogens is 333 g/mol. The summed E-state index contributed by atoms with van der Waals surface area (Å²) in [7, 11) is 3.85. The van der Waals surface area contributed by atoms with Crippen molar-refractivity contribution in [3.63, 3.8) is 0 Å². The van der Waals surface area contributed by atoms with Gasteiger partial charge in [0, 0.05) is 6.54 Å². The first-order valence-corrected chi connectivity index (χ1v) is 7.55. The van der Waals surface area contributed by atoms with Crippen molar-refractivity contribution in [3.05, 3.63) is 71.8 Å². The number of carbonyl (C=O) groups is 1. The standard InChI is InChI=1S/C18H20ClNO2.ClH/c1-20(2)13-14-22-17(21)18(19,15-9-5-3-6-10-15)16-11-7-4-8-12-16;/h3-12H,13-14H2,1-2H3;1H. The van der Waals surface area contributed by atoms with Gasteiger partial charge in [0.15, 0.2) is 4.87 Å².